The van der Waals surface area contributed by atoms with Crippen LogP contribution in [0.3, 0.4) is 0 Å². The van der Waals surface area contributed by atoms with Gasteiger partial charge in [-0.05, 0) is 36.4 Å². The molecule has 0 aliphatic carbocycles. The molecular weight excluding hydrogens is 282 g/mol. The highest BCUT2D eigenvalue weighted by Crippen LogP contribution is 2.22. The van der Waals surface area contributed by atoms with Gasteiger partial charge in [0.25, 0.3) is 5.91 Å². The van der Waals surface area contributed by atoms with Crippen molar-refractivity contribution in [1.82, 2.24) is 15.2 Å². The minimum Gasteiger partial charge on any atom is -0.457 e. The Hall–Kier alpha value is -3.35. The van der Waals surface area contributed by atoms with Crippen LogP contribution in [0.2, 0.25) is 0 Å². The number of H-pyrrole nitrogens is 1. The van der Waals surface area contributed by atoms with Crippen LogP contribution in [0, 0.1) is 0 Å². The number of para-hydroxylation sites is 1. The van der Waals surface area contributed by atoms with E-state index in [9.17, 15) is 4.79 Å². The topological polar surface area (TPSA) is 106 Å². The second kappa shape index (κ2) is 5.96. The number of hydrogen-bond acceptors (Lipinski definition) is 5. The first-order chi connectivity index (χ1) is 10.7. The molecule has 0 fully saturated rings. The molecule has 0 aliphatic rings. The van der Waals surface area contributed by atoms with Crippen molar-refractivity contribution < 1.29 is 9.53 Å². The molecule has 0 saturated carbocycles. The Labute approximate surface area is 126 Å². The van der Waals surface area contributed by atoms with Gasteiger partial charge in [-0.3, -0.25) is 9.89 Å². The molecule has 2 aromatic carbocycles. The number of nitrogens with one attached hydrogen (secondary N) is 2. The first kappa shape index (κ1) is 13.6. The molecule has 1 aromatic heterocycles. The summed E-state index contributed by atoms with van der Waals surface area (Å²) >= 11 is 0. The summed E-state index contributed by atoms with van der Waals surface area (Å²) in [7, 11) is 0. The van der Waals surface area contributed by atoms with Gasteiger partial charge in [0.15, 0.2) is 0 Å². The Morgan fingerprint density at radius 1 is 1.05 bits per heavy atom. The van der Waals surface area contributed by atoms with Gasteiger partial charge in [-0.25, -0.2) is 0 Å². The van der Waals surface area contributed by atoms with Gasteiger partial charge in [-0.15, -0.1) is 5.10 Å². The zero-order valence-corrected chi connectivity index (χ0v) is 11.5. The summed E-state index contributed by atoms with van der Waals surface area (Å²) in [6.45, 7) is 0. The van der Waals surface area contributed by atoms with Crippen molar-refractivity contribution in [3.8, 4) is 11.5 Å². The van der Waals surface area contributed by atoms with Gasteiger partial charge in [0.2, 0.25) is 11.8 Å². The summed E-state index contributed by atoms with van der Waals surface area (Å²) in [5.41, 5.74) is 5.96. The Kier molecular flexibility index (Phi) is 3.69. The summed E-state index contributed by atoms with van der Waals surface area (Å²) in [6.07, 6.45) is 0. The lowest BCUT2D eigenvalue weighted by Crippen LogP contribution is -2.13. The van der Waals surface area contributed by atoms with Gasteiger partial charge in [-0.2, -0.15) is 4.98 Å². The van der Waals surface area contributed by atoms with E-state index in [-0.39, 0.29) is 11.8 Å². The molecule has 110 valence electrons. The predicted molar refractivity (Wildman–Crippen MR) is 81.7 cm³/mol. The number of nitrogen functional groups attached to an aromatic ring is 1. The fourth-order valence-electron chi connectivity index (χ4n) is 1.80. The number of rotatable bonds is 4. The largest absolute Gasteiger partial charge is 0.457 e. The third kappa shape index (κ3) is 3.21. The summed E-state index contributed by atoms with van der Waals surface area (Å²) in [4.78, 5) is 15.6. The van der Waals surface area contributed by atoms with Crippen LogP contribution in [0.5, 0.6) is 11.5 Å². The Morgan fingerprint density at radius 3 is 2.36 bits per heavy atom. The van der Waals surface area contributed by atoms with Crippen LogP contribution in [0.1, 0.15) is 10.6 Å². The molecule has 0 spiro atoms. The fraction of sp³-hybridized carbons (Fsp3) is 0. The predicted octanol–water partition coefficient (Wildman–Crippen LogP) is 2.43. The lowest BCUT2D eigenvalue weighted by molar-refractivity contribution is 0.101. The second-order valence-electron chi connectivity index (χ2n) is 4.44. The Balaban J connectivity index is 1.65. The van der Waals surface area contributed by atoms with E-state index in [0.717, 1.165) is 5.75 Å². The Morgan fingerprint density at radius 2 is 1.73 bits per heavy atom. The first-order valence-corrected chi connectivity index (χ1v) is 6.53. The zero-order chi connectivity index (χ0) is 15.4. The molecule has 22 heavy (non-hydrogen) atoms. The number of nitrogens with two attached hydrogens (primary N) is 1. The molecule has 0 atom stereocenters. The van der Waals surface area contributed by atoms with Crippen LogP contribution in [0.15, 0.2) is 54.6 Å². The SMILES string of the molecule is Nc1n[nH]c(C(=O)Nc2ccc(Oc3ccccc3)cc2)n1. The maximum absolute atomic E-state index is 11.9. The van der Waals surface area contributed by atoms with Crippen molar-refractivity contribution >= 4 is 17.5 Å². The van der Waals surface area contributed by atoms with Crippen LogP contribution >= 0.6 is 0 Å². The maximum Gasteiger partial charge on any atom is 0.293 e. The van der Waals surface area contributed by atoms with Gasteiger partial charge in [0.05, 0.1) is 0 Å². The van der Waals surface area contributed by atoms with E-state index in [4.69, 9.17) is 10.5 Å². The number of carbonyl (C=O) groups excluding carboxylic acids is 1. The van der Waals surface area contributed by atoms with Gasteiger partial charge in [0, 0.05) is 5.69 Å². The third-order valence-corrected chi connectivity index (χ3v) is 2.81. The fourth-order valence-corrected chi connectivity index (χ4v) is 1.80. The normalized spacial score (nSPS) is 10.2. The van der Waals surface area contributed by atoms with Crippen molar-refractivity contribution in [3.05, 3.63) is 60.4 Å². The molecule has 0 unspecified atom stereocenters. The highest BCUT2D eigenvalue weighted by atomic mass is 16.5. The molecule has 7 nitrogen and oxygen atoms in total. The highest BCUT2D eigenvalue weighted by molar-refractivity contribution is 6.01. The Bertz CT molecular complexity index is 768. The van der Waals surface area contributed by atoms with E-state index >= 15 is 0 Å². The van der Waals surface area contributed by atoms with E-state index in [1.165, 1.54) is 0 Å². The van der Waals surface area contributed by atoms with Gasteiger partial charge < -0.3 is 15.8 Å². The van der Waals surface area contributed by atoms with Crippen LogP contribution in [-0.4, -0.2) is 21.1 Å². The highest BCUT2D eigenvalue weighted by Gasteiger charge is 2.10. The number of aromatic nitrogens is 3. The molecule has 0 saturated heterocycles. The number of hydrogen-bond donors (Lipinski definition) is 3. The quantitative estimate of drug-likeness (QED) is 0.685. The number of ether oxygens (including phenoxy) is 1. The molecular formula is C15H13N5O2. The summed E-state index contributed by atoms with van der Waals surface area (Å²) < 4.78 is 5.67. The van der Waals surface area contributed by atoms with E-state index in [2.05, 4.69) is 20.5 Å². The van der Waals surface area contributed by atoms with Gasteiger partial charge in [-0.1, -0.05) is 18.2 Å². The monoisotopic (exact) mass is 295 g/mol. The van der Waals surface area contributed by atoms with E-state index in [0.29, 0.717) is 11.4 Å². The van der Waals surface area contributed by atoms with Crippen molar-refractivity contribution in [1.29, 1.82) is 0 Å². The number of anilines is 2. The first-order valence-electron chi connectivity index (χ1n) is 6.53. The van der Waals surface area contributed by atoms with E-state index < -0.39 is 5.91 Å². The number of carbonyl (C=O) groups is 1. The number of amides is 1. The van der Waals surface area contributed by atoms with Crippen LogP contribution in [0.25, 0.3) is 0 Å². The lowest BCUT2D eigenvalue weighted by atomic mass is 10.3. The smallest absolute Gasteiger partial charge is 0.293 e. The molecule has 4 N–H and O–H groups in total. The number of benzene rings is 2. The van der Waals surface area contributed by atoms with E-state index in [1.54, 1.807) is 24.3 Å². The minimum absolute atomic E-state index is 0.0248. The van der Waals surface area contributed by atoms with Crippen LogP contribution in [0.4, 0.5) is 11.6 Å². The average molecular weight is 295 g/mol. The average Bonchev–Trinajstić information content (AvgIpc) is 2.97. The molecule has 1 amide bonds. The third-order valence-electron chi connectivity index (χ3n) is 2.81. The summed E-state index contributed by atoms with van der Waals surface area (Å²) in [6, 6.07) is 16.4. The van der Waals surface area contributed by atoms with Crippen LogP contribution < -0.4 is 15.8 Å². The van der Waals surface area contributed by atoms with E-state index in [1.807, 2.05) is 30.3 Å². The molecule has 0 bridgehead atoms. The van der Waals surface area contributed by atoms with Crippen molar-refractivity contribution in [2.24, 2.45) is 0 Å². The number of aromatic amines is 1. The molecule has 7 heteroatoms. The molecule has 1 heterocycles. The molecule has 0 aliphatic heterocycles. The maximum atomic E-state index is 11.9. The van der Waals surface area contributed by atoms with Crippen molar-refractivity contribution in [2.75, 3.05) is 11.1 Å². The lowest BCUT2D eigenvalue weighted by Gasteiger charge is -2.07. The van der Waals surface area contributed by atoms with Gasteiger partial charge in [0.1, 0.15) is 11.5 Å². The molecule has 3 aromatic rings. The van der Waals surface area contributed by atoms with Crippen molar-refractivity contribution in [2.45, 2.75) is 0 Å². The molecule has 3 rings (SSSR count). The standard InChI is InChI=1S/C15H13N5O2/c16-15-18-13(19-20-15)14(21)17-10-6-8-12(9-7-10)22-11-4-2-1-3-5-11/h1-9H,(H,17,21)(H3,16,18,19,20). The zero-order valence-electron chi connectivity index (χ0n) is 11.5. The minimum atomic E-state index is -0.416. The molecule has 0 radical (unpaired) electrons. The second-order valence-corrected chi connectivity index (χ2v) is 4.44. The van der Waals surface area contributed by atoms with Crippen molar-refractivity contribution in [3.63, 3.8) is 0 Å². The van der Waals surface area contributed by atoms with Gasteiger partial charge >= 0.3 is 0 Å². The summed E-state index contributed by atoms with van der Waals surface area (Å²) in [5.74, 6) is 1.09. The van der Waals surface area contributed by atoms with Crippen LogP contribution in [-0.2, 0) is 0 Å². The summed E-state index contributed by atoms with van der Waals surface area (Å²) in [5, 5.41) is 8.73. The number of nitrogens with zero attached hydrogens (tertiary/aromatic N) is 2.